The van der Waals surface area contributed by atoms with Gasteiger partial charge in [0.1, 0.15) is 6.04 Å². The number of hydrogen-bond donors (Lipinski definition) is 2. The molecule has 0 bridgehead atoms. The van der Waals surface area contributed by atoms with Crippen LogP contribution in [0.2, 0.25) is 0 Å². The molecule has 84 valence electrons. The average Bonchev–Trinajstić information content (AvgIpc) is 2.70. The summed E-state index contributed by atoms with van der Waals surface area (Å²) in [4.78, 5) is 14.4. The first kappa shape index (κ1) is 11.8. The summed E-state index contributed by atoms with van der Waals surface area (Å²) in [6.45, 7) is 4.65. The number of aromatic amines is 1. The zero-order chi connectivity index (χ0) is 11.3. The predicted molar refractivity (Wildman–Crippen MR) is 58.3 cm³/mol. The second-order valence-corrected chi connectivity index (χ2v) is 3.85. The lowest BCUT2D eigenvalue weighted by molar-refractivity contribution is -0.144. The van der Waals surface area contributed by atoms with Crippen molar-refractivity contribution >= 4 is 5.97 Å². The molecule has 0 aromatic carbocycles. The summed E-state index contributed by atoms with van der Waals surface area (Å²) in [5.74, 6) is 0.0110. The molecule has 0 saturated heterocycles. The lowest BCUT2D eigenvalue weighted by atomic mass is 10.0. The molecule has 0 aliphatic rings. The number of esters is 1. The Morgan fingerprint density at radius 1 is 1.60 bits per heavy atom. The van der Waals surface area contributed by atoms with E-state index in [0.29, 0.717) is 6.54 Å². The first-order chi connectivity index (χ1) is 7.15. The summed E-state index contributed by atoms with van der Waals surface area (Å²) >= 11 is 0. The lowest BCUT2D eigenvalue weighted by Gasteiger charge is -2.19. The molecule has 0 radical (unpaired) electrons. The normalized spacial score (nSPS) is 12.8. The third-order valence-electron chi connectivity index (χ3n) is 2.31. The highest BCUT2D eigenvalue weighted by molar-refractivity contribution is 5.75. The van der Waals surface area contributed by atoms with Crippen LogP contribution in [0.15, 0.2) is 18.5 Å². The van der Waals surface area contributed by atoms with Gasteiger partial charge in [0.2, 0.25) is 0 Å². The van der Waals surface area contributed by atoms with E-state index in [4.69, 9.17) is 4.74 Å². The van der Waals surface area contributed by atoms with E-state index < -0.39 is 0 Å². The summed E-state index contributed by atoms with van der Waals surface area (Å²) in [5, 5.41) is 3.18. The highest BCUT2D eigenvalue weighted by Crippen LogP contribution is 2.05. The second kappa shape index (κ2) is 5.56. The number of methoxy groups -OCH3 is 1. The van der Waals surface area contributed by atoms with Crippen molar-refractivity contribution in [1.29, 1.82) is 0 Å². The molecule has 1 aromatic heterocycles. The monoisotopic (exact) mass is 210 g/mol. The van der Waals surface area contributed by atoms with Gasteiger partial charge in [0.15, 0.2) is 0 Å². The van der Waals surface area contributed by atoms with E-state index in [9.17, 15) is 4.79 Å². The Balaban J connectivity index is 2.49. The Morgan fingerprint density at radius 2 is 2.33 bits per heavy atom. The molecule has 1 atom stereocenters. The van der Waals surface area contributed by atoms with Gasteiger partial charge in [0.25, 0.3) is 0 Å². The van der Waals surface area contributed by atoms with E-state index in [1.807, 2.05) is 32.3 Å². The molecule has 2 N–H and O–H groups in total. The van der Waals surface area contributed by atoms with Crippen molar-refractivity contribution in [2.75, 3.05) is 7.11 Å². The maximum Gasteiger partial charge on any atom is 0.323 e. The first-order valence-corrected chi connectivity index (χ1v) is 5.08. The summed E-state index contributed by atoms with van der Waals surface area (Å²) in [7, 11) is 1.41. The fourth-order valence-corrected chi connectivity index (χ4v) is 1.41. The first-order valence-electron chi connectivity index (χ1n) is 5.08. The van der Waals surface area contributed by atoms with Gasteiger partial charge in [0.05, 0.1) is 7.11 Å². The Morgan fingerprint density at radius 3 is 2.80 bits per heavy atom. The zero-order valence-corrected chi connectivity index (χ0v) is 9.41. The van der Waals surface area contributed by atoms with Crippen LogP contribution in [0.25, 0.3) is 0 Å². The molecule has 1 aromatic rings. The van der Waals surface area contributed by atoms with E-state index in [-0.39, 0.29) is 17.9 Å². The van der Waals surface area contributed by atoms with Crippen molar-refractivity contribution in [2.24, 2.45) is 5.92 Å². The standard InChI is InChI=1S/C11H18N2O2/c1-8(2)10(11(14)15-3)13-7-9-4-5-12-6-9/h4-6,8,10,12-13H,7H2,1-3H3. The van der Waals surface area contributed by atoms with Gasteiger partial charge in [-0.3, -0.25) is 4.79 Å². The number of carbonyl (C=O) groups excluding carboxylic acids is 1. The maximum absolute atomic E-state index is 11.4. The minimum Gasteiger partial charge on any atom is -0.468 e. The smallest absolute Gasteiger partial charge is 0.323 e. The van der Waals surface area contributed by atoms with Gasteiger partial charge in [-0.2, -0.15) is 0 Å². The Bertz CT molecular complexity index is 294. The van der Waals surface area contributed by atoms with E-state index >= 15 is 0 Å². The van der Waals surface area contributed by atoms with Gasteiger partial charge >= 0.3 is 5.97 Å². The van der Waals surface area contributed by atoms with Crippen LogP contribution in [0, 0.1) is 5.92 Å². The summed E-state index contributed by atoms with van der Waals surface area (Å²) in [6, 6.07) is 1.73. The molecule has 4 heteroatoms. The van der Waals surface area contributed by atoms with E-state index in [1.165, 1.54) is 7.11 Å². The number of H-pyrrole nitrogens is 1. The largest absolute Gasteiger partial charge is 0.468 e. The van der Waals surface area contributed by atoms with Gasteiger partial charge in [-0.15, -0.1) is 0 Å². The third kappa shape index (κ3) is 3.40. The van der Waals surface area contributed by atoms with Gasteiger partial charge in [-0.05, 0) is 17.5 Å². The number of rotatable bonds is 5. The third-order valence-corrected chi connectivity index (χ3v) is 2.31. The molecule has 1 heterocycles. The van der Waals surface area contributed by atoms with Crippen LogP contribution in [-0.4, -0.2) is 24.1 Å². The molecule has 15 heavy (non-hydrogen) atoms. The van der Waals surface area contributed by atoms with Gasteiger partial charge in [-0.25, -0.2) is 0 Å². The predicted octanol–water partition coefficient (Wildman–Crippen LogP) is 1.30. The molecule has 0 spiro atoms. The van der Waals surface area contributed by atoms with Gasteiger partial charge in [0, 0.05) is 18.9 Å². The summed E-state index contributed by atoms with van der Waals surface area (Å²) in [5.41, 5.74) is 1.13. The minimum absolute atomic E-state index is 0.208. The van der Waals surface area contributed by atoms with Crippen molar-refractivity contribution in [3.8, 4) is 0 Å². The van der Waals surface area contributed by atoms with E-state index in [0.717, 1.165) is 5.56 Å². The van der Waals surface area contributed by atoms with Crippen LogP contribution >= 0.6 is 0 Å². The molecular formula is C11H18N2O2. The average molecular weight is 210 g/mol. The highest BCUT2D eigenvalue weighted by Gasteiger charge is 2.21. The van der Waals surface area contributed by atoms with Crippen molar-refractivity contribution < 1.29 is 9.53 Å². The van der Waals surface area contributed by atoms with Crippen molar-refractivity contribution in [3.63, 3.8) is 0 Å². The van der Waals surface area contributed by atoms with Crippen LogP contribution in [0.4, 0.5) is 0 Å². The van der Waals surface area contributed by atoms with Crippen LogP contribution in [0.5, 0.6) is 0 Å². The van der Waals surface area contributed by atoms with Gasteiger partial charge in [-0.1, -0.05) is 13.8 Å². The number of aromatic nitrogens is 1. The molecule has 0 fully saturated rings. The minimum atomic E-state index is -0.245. The summed E-state index contributed by atoms with van der Waals surface area (Å²) < 4.78 is 4.73. The zero-order valence-electron chi connectivity index (χ0n) is 9.41. The topological polar surface area (TPSA) is 54.1 Å². The van der Waals surface area contributed by atoms with Crippen LogP contribution < -0.4 is 5.32 Å². The Kier molecular flexibility index (Phi) is 4.37. The number of carbonyl (C=O) groups is 1. The quantitative estimate of drug-likeness (QED) is 0.720. The molecule has 1 rings (SSSR count). The van der Waals surface area contributed by atoms with E-state index in [1.54, 1.807) is 0 Å². The Hall–Kier alpha value is -1.29. The molecular weight excluding hydrogens is 192 g/mol. The van der Waals surface area contributed by atoms with Gasteiger partial charge < -0.3 is 15.0 Å². The molecule has 0 aliphatic carbocycles. The summed E-state index contributed by atoms with van der Waals surface area (Å²) in [6.07, 6.45) is 3.77. The SMILES string of the molecule is COC(=O)C(NCc1cc[nH]c1)C(C)C. The van der Waals surface area contributed by atoms with Crippen molar-refractivity contribution in [3.05, 3.63) is 24.0 Å². The fourth-order valence-electron chi connectivity index (χ4n) is 1.41. The fraction of sp³-hybridized carbons (Fsp3) is 0.545. The molecule has 4 nitrogen and oxygen atoms in total. The van der Waals surface area contributed by atoms with Crippen LogP contribution in [0.3, 0.4) is 0 Å². The molecule has 0 amide bonds. The second-order valence-electron chi connectivity index (χ2n) is 3.85. The van der Waals surface area contributed by atoms with E-state index in [2.05, 4.69) is 10.3 Å². The number of ether oxygens (including phenoxy) is 1. The maximum atomic E-state index is 11.4. The molecule has 1 unspecified atom stereocenters. The Labute approximate surface area is 90.0 Å². The number of hydrogen-bond acceptors (Lipinski definition) is 3. The van der Waals surface area contributed by atoms with Crippen LogP contribution in [0.1, 0.15) is 19.4 Å². The number of nitrogens with one attached hydrogen (secondary N) is 2. The molecule has 0 aliphatic heterocycles. The highest BCUT2D eigenvalue weighted by atomic mass is 16.5. The van der Waals surface area contributed by atoms with Crippen molar-refractivity contribution in [2.45, 2.75) is 26.4 Å². The van der Waals surface area contributed by atoms with Crippen LogP contribution in [-0.2, 0) is 16.1 Å². The van der Waals surface area contributed by atoms with Crippen molar-refractivity contribution in [1.82, 2.24) is 10.3 Å². The lowest BCUT2D eigenvalue weighted by Crippen LogP contribution is -2.41. The molecule has 0 saturated carbocycles.